The van der Waals surface area contributed by atoms with Crippen molar-refractivity contribution in [1.82, 2.24) is 15.3 Å². The first-order valence-corrected chi connectivity index (χ1v) is 13.2. The Morgan fingerprint density at radius 1 is 1.08 bits per heavy atom. The maximum Gasteiger partial charge on any atom is 0.141 e. The zero-order chi connectivity index (χ0) is 24.2. The molecule has 0 saturated carbocycles. The number of aliphatic hydroxyl groups is 1. The van der Waals surface area contributed by atoms with Gasteiger partial charge in [-0.25, -0.2) is 9.97 Å². The molecule has 2 aromatic carbocycles. The average Bonchev–Trinajstić information content (AvgIpc) is 3.33. The van der Waals surface area contributed by atoms with Gasteiger partial charge in [0.15, 0.2) is 0 Å². The molecule has 2 aromatic heterocycles. The number of aliphatic hydroxyl groups excluding tert-OH is 1. The summed E-state index contributed by atoms with van der Waals surface area (Å²) in [5.41, 5.74) is 2.37. The Morgan fingerprint density at radius 3 is 2.61 bits per heavy atom. The number of thiophene rings is 1. The van der Waals surface area contributed by atoms with E-state index in [-0.39, 0.29) is 19.0 Å². The fourth-order valence-electron chi connectivity index (χ4n) is 4.35. The number of fused-ring (bicyclic) bond motifs is 1. The van der Waals surface area contributed by atoms with Crippen molar-refractivity contribution in [1.29, 1.82) is 0 Å². The second-order valence-corrected chi connectivity index (χ2v) is 10.3. The summed E-state index contributed by atoms with van der Waals surface area (Å²) in [7, 11) is 0. The molecule has 2 N–H and O–H groups in total. The minimum absolute atomic E-state index is 0. The molecule has 0 aliphatic carbocycles. The Morgan fingerprint density at radius 2 is 1.86 bits per heavy atom. The topological polar surface area (TPSA) is 70.5 Å². The number of rotatable bonds is 8. The summed E-state index contributed by atoms with van der Waals surface area (Å²) < 4.78 is 5.64. The molecule has 1 aliphatic rings. The van der Waals surface area contributed by atoms with Gasteiger partial charge in [0.2, 0.25) is 0 Å². The van der Waals surface area contributed by atoms with Gasteiger partial charge in [0.1, 0.15) is 35.4 Å². The van der Waals surface area contributed by atoms with E-state index in [4.69, 9.17) is 27.9 Å². The van der Waals surface area contributed by atoms with E-state index in [1.807, 2.05) is 6.07 Å². The van der Waals surface area contributed by atoms with E-state index in [1.165, 1.54) is 11.1 Å². The first-order chi connectivity index (χ1) is 17.1. The highest BCUT2D eigenvalue weighted by molar-refractivity contribution is 7.17. The van der Waals surface area contributed by atoms with Gasteiger partial charge in [-0.15, -0.1) is 23.7 Å². The van der Waals surface area contributed by atoms with Crippen LogP contribution in [0.25, 0.3) is 21.3 Å². The first kappa shape index (κ1) is 26.9. The van der Waals surface area contributed by atoms with Gasteiger partial charge in [-0.1, -0.05) is 53.5 Å². The number of ether oxygens (including phenoxy) is 1. The molecule has 0 bridgehead atoms. The molecule has 0 amide bonds. The number of piperidine rings is 1. The monoisotopic (exact) mass is 564 g/mol. The Balaban J connectivity index is 0.00000304. The number of nitrogens with one attached hydrogen (secondary N) is 1. The summed E-state index contributed by atoms with van der Waals surface area (Å²) in [4.78, 5) is 12.6. The van der Waals surface area contributed by atoms with Crippen LogP contribution < -0.4 is 15.0 Å². The second-order valence-electron chi connectivity index (χ2n) is 8.60. The number of benzene rings is 2. The van der Waals surface area contributed by atoms with Crippen molar-refractivity contribution in [3.8, 4) is 16.9 Å². The molecule has 1 unspecified atom stereocenters. The van der Waals surface area contributed by atoms with Crippen LogP contribution in [-0.4, -0.2) is 53.5 Å². The lowest BCUT2D eigenvalue weighted by molar-refractivity contribution is 0.102. The molecule has 10 heteroatoms. The highest BCUT2D eigenvalue weighted by Gasteiger charge is 2.24. The van der Waals surface area contributed by atoms with E-state index < -0.39 is 6.10 Å². The molecule has 190 valence electrons. The molecule has 4 aromatic rings. The van der Waals surface area contributed by atoms with E-state index in [2.05, 4.69) is 49.8 Å². The Bertz CT molecular complexity index is 1280. The van der Waals surface area contributed by atoms with E-state index in [1.54, 1.807) is 35.9 Å². The van der Waals surface area contributed by atoms with E-state index >= 15 is 0 Å². The first-order valence-electron chi connectivity index (χ1n) is 11.6. The van der Waals surface area contributed by atoms with Crippen molar-refractivity contribution in [3.05, 3.63) is 70.3 Å². The van der Waals surface area contributed by atoms with E-state index in [0.717, 1.165) is 42.0 Å². The van der Waals surface area contributed by atoms with Crippen LogP contribution in [0.4, 0.5) is 5.82 Å². The van der Waals surface area contributed by atoms with E-state index in [9.17, 15) is 5.11 Å². The fourth-order valence-corrected chi connectivity index (χ4v) is 5.54. The smallest absolute Gasteiger partial charge is 0.141 e. The molecule has 36 heavy (non-hydrogen) atoms. The number of halogens is 3. The number of hydrogen-bond donors (Lipinski definition) is 2. The molecule has 1 fully saturated rings. The lowest BCUT2D eigenvalue weighted by Gasteiger charge is -2.34. The van der Waals surface area contributed by atoms with Gasteiger partial charge in [0.05, 0.1) is 15.4 Å². The van der Waals surface area contributed by atoms with Crippen molar-refractivity contribution in [2.75, 3.05) is 31.1 Å². The summed E-state index contributed by atoms with van der Waals surface area (Å²) in [5.74, 6) is 1.59. The predicted molar refractivity (Wildman–Crippen MR) is 151 cm³/mol. The Labute approximate surface area is 230 Å². The van der Waals surface area contributed by atoms with Crippen LogP contribution >= 0.6 is 46.9 Å². The molecule has 1 aliphatic heterocycles. The molecule has 1 saturated heterocycles. The van der Waals surface area contributed by atoms with Gasteiger partial charge in [-0.3, -0.25) is 0 Å². The molecule has 1 atom stereocenters. The van der Waals surface area contributed by atoms with Gasteiger partial charge >= 0.3 is 0 Å². The third kappa shape index (κ3) is 6.22. The van der Waals surface area contributed by atoms with Crippen molar-refractivity contribution in [3.63, 3.8) is 0 Å². The Hall–Kier alpha value is -2.13. The molecule has 0 radical (unpaired) electrons. The molecule has 5 rings (SSSR count). The summed E-state index contributed by atoms with van der Waals surface area (Å²) >= 11 is 13.6. The number of anilines is 1. The minimum Gasteiger partial charge on any atom is -0.491 e. The van der Waals surface area contributed by atoms with Crippen LogP contribution in [-0.2, 0) is 0 Å². The number of aromatic nitrogens is 2. The Kier molecular flexibility index (Phi) is 9.28. The number of nitrogens with zero attached hydrogens (tertiary/aromatic N) is 3. The van der Waals surface area contributed by atoms with Crippen LogP contribution in [0.5, 0.6) is 5.75 Å². The van der Waals surface area contributed by atoms with Crippen LogP contribution in [0, 0.1) is 0 Å². The summed E-state index contributed by atoms with van der Waals surface area (Å²) in [6, 6.07) is 15.8. The molecule has 6 nitrogen and oxygen atoms in total. The fraction of sp³-hybridized carbons (Fsp3) is 0.308. The molecule has 3 heterocycles. The van der Waals surface area contributed by atoms with Crippen molar-refractivity contribution in [2.45, 2.75) is 25.0 Å². The third-order valence-electron chi connectivity index (χ3n) is 6.21. The lowest BCUT2D eigenvalue weighted by Crippen LogP contribution is -2.45. The van der Waals surface area contributed by atoms with Crippen LogP contribution in [0.2, 0.25) is 10.0 Å². The summed E-state index contributed by atoms with van der Waals surface area (Å²) in [6.07, 6.45) is 2.98. The largest absolute Gasteiger partial charge is 0.491 e. The number of hydrogen-bond acceptors (Lipinski definition) is 7. The van der Waals surface area contributed by atoms with Crippen LogP contribution in [0.1, 0.15) is 12.8 Å². The van der Waals surface area contributed by atoms with Crippen molar-refractivity contribution < 1.29 is 9.84 Å². The van der Waals surface area contributed by atoms with Crippen LogP contribution in [0.3, 0.4) is 0 Å². The van der Waals surface area contributed by atoms with Gasteiger partial charge in [-0.2, -0.15) is 0 Å². The van der Waals surface area contributed by atoms with Gasteiger partial charge in [0, 0.05) is 42.7 Å². The zero-order valence-corrected chi connectivity index (χ0v) is 22.6. The maximum atomic E-state index is 10.4. The quantitative estimate of drug-likeness (QED) is 0.270. The normalized spacial score (nSPS) is 15.0. The highest BCUT2D eigenvalue weighted by atomic mass is 35.5. The summed E-state index contributed by atoms with van der Waals surface area (Å²) in [5, 5.41) is 18.1. The third-order valence-corrected chi connectivity index (χ3v) is 7.83. The average molecular weight is 566 g/mol. The standard InChI is InChI=1S/C26H26Cl2N4O2S.ClH/c27-22-7-6-20(12-23(22)28)34-14-19(33)13-29-18-8-10-32(11-9-18)25-24-21(17-4-2-1-3-5-17)15-35-26(24)31-16-30-25;/h1-7,12,15-16,18-19,29,33H,8-11,13-14H2;1H. The van der Waals surface area contributed by atoms with Gasteiger partial charge in [-0.05, 0) is 30.5 Å². The van der Waals surface area contributed by atoms with E-state index in [0.29, 0.717) is 28.4 Å². The minimum atomic E-state index is -0.622. The predicted octanol–water partition coefficient (Wildman–Crippen LogP) is 6.09. The van der Waals surface area contributed by atoms with Gasteiger partial charge in [0.25, 0.3) is 0 Å². The SMILES string of the molecule is Cl.OC(CNC1CCN(c2ncnc3scc(-c4ccccc4)c23)CC1)COc1ccc(Cl)c(Cl)c1. The van der Waals surface area contributed by atoms with Crippen molar-refractivity contribution >= 4 is 63.0 Å². The lowest BCUT2D eigenvalue weighted by atomic mass is 10.0. The molecular formula is C26H27Cl3N4O2S. The van der Waals surface area contributed by atoms with Gasteiger partial charge < -0.3 is 20.1 Å². The summed E-state index contributed by atoms with van der Waals surface area (Å²) in [6.45, 7) is 2.43. The zero-order valence-electron chi connectivity index (χ0n) is 19.4. The molecule has 0 spiro atoms. The van der Waals surface area contributed by atoms with Crippen LogP contribution in [0.15, 0.2) is 60.2 Å². The molecular weight excluding hydrogens is 539 g/mol. The second kappa shape index (κ2) is 12.4. The maximum absolute atomic E-state index is 10.4. The van der Waals surface area contributed by atoms with Crippen molar-refractivity contribution in [2.24, 2.45) is 0 Å². The highest BCUT2D eigenvalue weighted by Crippen LogP contribution is 2.38.